The van der Waals surface area contributed by atoms with Crippen molar-refractivity contribution >= 4 is 0 Å². The Hall–Kier alpha value is -0.120. The van der Waals surface area contributed by atoms with Gasteiger partial charge in [-0.25, -0.2) is 0 Å². The van der Waals surface area contributed by atoms with Crippen LogP contribution in [0.5, 0.6) is 0 Å². The minimum atomic E-state index is 0.486. The topological polar surface area (TPSA) is 18.5 Å². The van der Waals surface area contributed by atoms with Crippen LogP contribution in [-0.4, -0.2) is 61.2 Å². The summed E-state index contributed by atoms with van der Waals surface area (Å²) in [5.74, 6) is 0.929. The summed E-state index contributed by atoms with van der Waals surface area (Å²) >= 11 is 0. The predicted molar refractivity (Wildman–Crippen MR) is 80.5 cm³/mol. The Balaban J connectivity index is 1.51. The average molecular weight is 265 g/mol. The molecule has 3 rings (SSSR count). The Morgan fingerprint density at radius 2 is 1.95 bits per heavy atom. The van der Waals surface area contributed by atoms with Crippen LogP contribution in [0.25, 0.3) is 0 Å². The van der Waals surface area contributed by atoms with Crippen molar-refractivity contribution in [1.82, 2.24) is 15.1 Å². The highest BCUT2D eigenvalue weighted by atomic mass is 15.2. The zero-order chi connectivity index (χ0) is 13.1. The van der Waals surface area contributed by atoms with Crippen LogP contribution in [0.15, 0.2) is 0 Å². The molecule has 3 fully saturated rings. The molecule has 3 heteroatoms. The van der Waals surface area contributed by atoms with E-state index < -0.39 is 0 Å². The van der Waals surface area contributed by atoms with Crippen LogP contribution >= 0.6 is 0 Å². The third-order valence-corrected chi connectivity index (χ3v) is 5.60. The lowest BCUT2D eigenvalue weighted by Crippen LogP contribution is -2.61. The molecule has 1 unspecified atom stereocenters. The van der Waals surface area contributed by atoms with Crippen molar-refractivity contribution in [3.8, 4) is 0 Å². The monoisotopic (exact) mass is 265 g/mol. The Morgan fingerprint density at radius 3 is 2.68 bits per heavy atom. The molecule has 1 spiro atoms. The molecule has 2 aliphatic heterocycles. The van der Waals surface area contributed by atoms with Gasteiger partial charge < -0.3 is 10.2 Å². The summed E-state index contributed by atoms with van der Waals surface area (Å²) in [5, 5.41) is 3.86. The molecule has 2 saturated heterocycles. The van der Waals surface area contributed by atoms with E-state index in [0.717, 1.165) is 5.92 Å². The van der Waals surface area contributed by atoms with Crippen molar-refractivity contribution in [3.63, 3.8) is 0 Å². The van der Waals surface area contributed by atoms with Crippen molar-refractivity contribution in [3.05, 3.63) is 0 Å². The van der Waals surface area contributed by atoms with Crippen LogP contribution in [0.3, 0.4) is 0 Å². The minimum absolute atomic E-state index is 0.486. The molecule has 1 saturated carbocycles. The second-order valence-electron chi connectivity index (χ2n) is 7.05. The van der Waals surface area contributed by atoms with Gasteiger partial charge in [-0.15, -0.1) is 0 Å². The predicted octanol–water partition coefficient (Wildman–Crippen LogP) is 1.94. The van der Waals surface area contributed by atoms with Gasteiger partial charge in [0.05, 0.1) is 0 Å². The van der Waals surface area contributed by atoms with E-state index in [-0.39, 0.29) is 0 Å². The normalized spacial score (nSPS) is 33.0. The first-order valence-corrected chi connectivity index (χ1v) is 8.49. The summed E-state index contributed by atoms with van der Waals surface area (Å²) in [6, 6.07) is 0. The number of hydrogen-bond donors (Lipinski definition) is 1. The summed E-state index contributed by atoms with van der Waals surface area (Å²) in [6.45, 7) is 11.3. The first-order valence-electron chi connectivity index (χ1n) is 8.49. The minimum Gasteiger partial charge on any atom is -0.309 e. The van der Waals surface area contributed by atoms with E-state index in [4.69, 9.17) is 0 Å². The molecule has 3 nitrogen and oxygen atoms in total. The summed E-state index contributed by atoms with van der Waals surface area (Å²) in [5.41, 5.74) is 0.486. The highest BCUT2D eigenvalue weighted by Gasteiger charge is 2.37. The summed E-state index contributed by atoms with van der Waals surface area (Å²) < 4.78 is 0. The Bertz CT molecular complexity index is 280. The van der Waals surface area contributed by atoms with Crippen molar-refractivity contribution in [2.75, 3.05) is 45.8 Å². The molecule has 0 aromatic heterocycles. The molecule has 0 amide bonds. The second kappa shape index (κ2) is 6.11. The molecule has 1 atom stereocenters. The van der Waals surface area contributed by atoms with E-state index in [0.29, 0.717) is 5.54 Å². The van der Waals surface area contributed by atoms with Gasteiger partial charge in [-0.1, -0.05) is 26.2 Å². The standard InChI is InChI=1S/C16H31N3/c1-2-18-10-6-15(12-18)13-19-11-9-17-16(14-19)7-4-3-5-8-16/h15,17H,2-14H2,1H3. The van der Waals surface area contributed by atoms with Crippen molar-refractivity contribution < 1.29 is 0 Å². The van der Waals surface area contributed by atoms with Crippen LogP contribution in [-0.2, 0) is 0 Å². The maximum atomic E-state index is 3.86. The van der Waals surface area contributed by atoms with Gasteiger partial charge >= 0.3 is 0 Å². The Labute approximate surface area is 118 Å². The average Bonchev–Trinajstić information content (AvgIpc) is 2.87. The lowest BCUT2D eigenvalue weighted by atomic mass is 9.80. The number of nitrogens with one attached hydrogen (secondary N) is 1. The zero-order valence-electron chi connectivity index (χ0n) is 12.7. The van der Waals surface area contributed by atoms with Gasteiger partial charge in [0.15, 0.2) is 0 Å². The molecule has 1 aliphatic carbocycles. The Kier molecular flexibility index (Phi) is 4.45. The summed E-state index contributed by atoms with van der Waals surface area (Å²) in [7, 11) is 0. The van der Waals surface area contributed by atoms with Crippen molar-refractivity contribution in [1.29, 1.82) is 0 Å². The third-order valence-electron chi connectivity index (χ3n) is 5.60. The maximum Gasteiger partial charge on any atom is 0.0309 e. The van der Waals surface area contributed by atoms with Crippen LogP contribution in [0.1, 0.15) is 45.4 Å². The lowest BCUT2D eigenvalue weighted by molar-refractivity contribution is 0.0880. The molecule has 3 aliphatic rings. The third kappa shape index (κ3) is 3.32. The molecule has 0 aromatic rings. The summed E-state index contributed by atoms with van der Waals surface area (Å²) in [6.07, 6.45) is 8.58. The van der Waals surface area contributed by atoms with E-state index in [9.17, 15) is 0 Å². The SMILES string of the molecule is CCN1CCC(CN2CCNC3(CCCCC3)C2)C1. The summed E-state index contributed by atoms with van der Waals surface area (Å²) in [4.78, 5) is 5.38. The van der Waals surface area contributed by atoms with Crippen LogP contribution in [0.4, 0.5) is 0 Å². The highest BCUT2D eigenvalue weighted by Crippen LogP contribution is 2.31. The molecule has 2 heterocycles. The van der Waals surface area contributed by atoms with Gasteiger partial charge in [0, 0.05) is 38.3 Å². The molecule has 0 bridgehead atoms. The molecule has 0 aromatic carbocycles. The number of piperazine rings is 1. The first kappa shape index (κ1) is 13.8. The smallest absolute Gasteiger partial charge is 0.0309 e. The van der Waals surface area contributed by atoms with Gasteiger partial charge in [0.1, 0.15) is 0 Å². The van der Waals surface area contributed by atoms with Gasteiger partial charge in [0.2, 0.25) is 0 Å². The molecule has 0 radical (unpaired) electrons. The zero-order valence-corrected chi connectivity index (χ0v) is 12.7. The number of rotatable bonds is 3. The highest BCUT2D eigenvalue weighted by molar-refractivity contribution is 4.97. The number of hydrogen-bond acceptors (Lipinski definition) is 3. The van der Waals surface area contributed by atoms with Gasteiger partial charge in [-0.3, -0.25) is 4.90 Å². The van der Waals surface area contributed by atoms with Crippen LogP contribution in [0.2, 0.25) is 0 Å². The van der Waals surface area contributed by atoms with E-state index in [1.54, 1.807) is 0 Å². The van der Waals surface area contributed by atoms with Crippen LogP contribution < -0.4 is 5.32 Å². The molecular weight excluding hydrogens is 234 g/mol. The second-order valence-corrected chi connectivity index (χ2v) is 7.05. The van der Waals surface area contributed by atoms with Crippen LogP contribution in [0, 0.1) is 5.92 Å². The van der Waals surface area contributed by atoms with E-state index in [2.05, 4.69) is 22.0 Å². The Morgan fingerprint density at radius 1 is 1.11 bits per heavy atom. The fraction of sp³-hybridized carbons (Fsp3) is 1.00. The molecule has 1 N–H and O–H groups in total. The number of nitrogens with zero attached hydrogens (tertiary/aromatic N) is 2. The quantitative estimate of drug-likeness (QED) is 0.841. The molecule has 19 heavy (non-hydrogen) atoms. The molecule has 110 valence electrons. The number of likely N-dealkylation sites (tertiary alicyclic amines) is 1. The van der Waals surface area contributed by atoms with Gasteiger partial charge in [-0.2, -0.15) is 0 Å². The molecular formula is C16H31N3. The van der Waals surface area contributed by atoms with Crippen molar-refractivity contribution in [2.24, 2.45) is 5.92 Å². The van der Waals surface area contributed by atoms with E-state index in [1.807, 2.05) is 0 Å². The fourth-order valence-electron chi connectivity index (χ4n) is 4.48. The van der Waals surface area contributed by atoms with E-state index >= 15 is 0 Å². The maximum absolute atomic E-state index is 3.86. The van der Waals surface area contributed by atoms with Gasteiger partial charge in [-0.05, 0) is 38.3 Å². The fourth-order valence-corrected chi connectivity index (χ4v) is 4.48. The lowest BCUT2D eigenvalue weighted by Gasteiger charge is -2.46. The van der Waals surface area contributed by atoms with E-state index in [1.165, 1.54) is 84.3 Å². The van der Waals surface area contributed by atoms with Crippen molar-refractivity contribution in [2.45, 2.75) is 51.0 Å². The first-order chi connectivity index (χ1) is 9.30. The van der Waals surface area contributed by atoms with Gasteiger partial charge in [0.25, 0.3) is 0 Å². The largest absolute Gasteiger partial charge is 0.309 e.